The number of halogens is 6. The molecular formula is C18H15F6N3O5S. The molecule has 8 nitrogen and oxygen atoms in total. The van der Waals surface area contributed by atoms with Crippen LogP contribution in [-0.2, 0) is 39.1 Å². The Morgan fingerprint density at radius 3 is 2.09 bits per heavy atom. The van der Waals surface area contributed by atoms with Crippen molar-refractivity contribution in [3.63, 3.8) is 0 Å². The molecule has 2 unspecified atom stereocenters. The van der Waals surface area contributed by atoms with E-state index >= 15 is 0 Å². The maximum atomic E-state index is 13.1. The second-order valence-electron chi connectivity index (χ2n) is 6.51. The van der Waals surface area contributed by atoms with Gasteiger partial charge in [-0.25, -0.2) is 19.6 Å². The lowest BCUT2D eigenvalue weighted by Crippen LogP contribution is -2.34. The first-order valence-corrected chi connectivity index (χ1v) is 10.3. The van der Waals surface area contributed by atoms with E-state index in [2.05, 4.69) is 20.0 Å². The van der Waals surface area contributed by atoms with Crippen molar-refractivity contribution in [3.05, 3.63) is 46.6 Å². The number of aromatic nitrogens is 2. The van der Waals surface area contributed by atoms with Gasteiger partial charge in [0.25, 0.3) is 0 Å². The summed E-state index contributed by atoms with van der Waals surface area (Å²) in [6.07, 6.45) is -9.00. The van der Waals surface area contributed by atoms with E-state index in [0.717, 1.165) is 13.3 Å². The van der Waals surface area contributed by atoms with E-state index in [-0.39, 0.29) is 11.2 Å². The van der Waals surface area contributed by atoms with Crippen molar-refractivity contribution >= 4 is 28.6 Å². The molecule has 0 amide bonds. The molecule has 1 heterocycles. The normalized spacial score (nSPS) is 13.8. The van der Waals surface area contributed by atoms with Crippen LogP contribution in [0.1, 0.15) is 27.0 Å². The molecule has 15 heteroatoms. The number of anilines is 1. The zero-order chi connectivity index (χ0) is 25.1. The van der Waals surface area contributed by atoms with Gasteiger partial charge in [0, 0.05) is 18.9 Å². The van der Waals surface area contributed by atoms with Crippen LogP contribution in [0.3, 0.4) is 0 Å². The van der Waals surface area contributed by atoms with E-state index in [1.54, 1.807) is 0 Å². The number of benzene rings is 1. The summed E-state index contributed by atoms with van der Waals surface area (Å²) in [5.41, 5.74) is -4.30. The highest BCUT2D eigenvalue weighted by molar-refractivity contribution is 7.84. The molecule has 2 aromatic rings. The molecule has 0 saturated heterocycles. The number of carboxylic acid groups (broad SMARTS) is 1. The average molecular weight is 499 g/mol. The molecule has 0 saturated carbocycles. The second kappa shape index (κ2) is 9.72. The second-order valence-corrected chi connectivity index (χ2v) is 7.79. The first-order valence-electron chi connectivity index (χ1n) is 8.70. The number of ether oxygens (including phenoxy) is 1. The highest BCUT2D eigenvalue weighted by atomic mass is 32.2. The Balaban J connectivity index is 2.54. The van der Waals surface area contributed by atoms with Gasteiger partial charge in [-0.1, -0.05) is 0 Å². The van der Waals surface area contributed by atoms with Gasteiger partial charge in [0.1, 0.15) is 17.4 Å². The zero-order valence-electron chi connectivity index (χ0n) is 16.7. The Hall–Kier alpha value is -3.23. The number of nitrogens with one attached hydrogen (secondary N) is 1. The number of hydrogen-bond acceptors (Lipinski definition) is 7. The van der Waals surface area contributed by atoms with E-state index < -0.39 is 75.6 Å². The van der Waals surface area contributed by atoms with Crippen molar-refractivity contribution < 1.29 is 50.0 Å². The summed E-state index contributed by atoms with van der Waals surface area (Å²) in [6.45, 7) is 0. The molecule has 180 valence electrons. The molecule has 0 aliphatic rings. The number of aromatic carboxylic acids is 1. The Bertz CT molecular complexity index is 1060. The number of carbonyl (C=O) groups is 2. The molecular weight excluding hydrogens is 484 g/mol. The molecule has 0 aliphatic carbocycles. The maximum Gasteiger partial charge on any atom is 0.416 e. The monoisotopic (exact) mass is 499 g/mol. The first kappa shape index (κ1) is 26.0. The number of carbonyl (C=O) groups excluding carboxylic acids is 1. The van der Waals surface area contributed by atoms with Crippen molar-refractivity contribution in [1.29, 1.82) is 0 Å². The Kier molecular flexibility index (Phi) is 7.67. The molecule has 0 fully saturated rings. The summed E-state index contributed by atoms with van der Waals surface area (Å²) in [5.74, 6) is -3.22. The Labute approximate surface area is 184 Å². The Morgan fingerprint density at radius 2 is 1.67 bits per heavy atom. The first-order chi connectivity index (χ1) is 15.1. The fourth-order valence-electron chi connectivity index (χ4n) is 2.64. The molecule has 2 N–H and O–H groups in total. The summed E-state index contributed by atoms with van der Waals surface area (Å²) in [6, 6.07) is -0.861. The van der Waals surface area contributed by atoms with Crippen LogP contribution in [0, 0.1) is 0 Å². The van der Waals surface area contributed by atoms with Gasteiger partial charge < -0.3 is 15.2 Å². The minimum absolute atomic E-state index is 0.0696. The van der Waals surface area contributed by atoms with Gasteiger partial charge in [-0.15, -0.1) is 0 Å². The van der Waals surface area contributed by atoms with Gasteiger partial charge in [-0.05, 0) is 23.8 Å². The molecule has 1 aromatic carbocycles. The number of alkyl halides is 6. The minimum Gasteiger partial charge on any atom is -0.477 e. The van der Waals surface area contributed by atoms with Crippen LogP contribution in [-0.4, -0.2) is 50.6 Å². The third kappa shape index (κ3) is 6.63. The molecule has 1 aromatic heterocycles. The summed E-state index contributed by atoms with van der Waals surface area (Å²) < 4.78 is 94.9. The highest BCUT2D eigenvalue weighted by Gasteiger charge is 2.37. The van der Waals surface area contributed by atoms with E-state index in [4.69, 9.17) is 0 Å². The topological polar surface area (TPSA) is 118 Å². The van der Waals surface area contributed by atoms with E-state index in [1.165, 1.54) is 6.26 Å². The van der Waals surface area contributed by atoms with E-state index in [9.17, 15) is 45.2 Å². The maximum absolute atomic E-state index is 13.1. The molecule has 0 radical (unpaired) electrons. The summed E-state index contributed by atoms with van der Waals surface area (Å²) in [7, 11) is -0.862. The van der Waals surface area contributed by atoms with Gasteiger partial charge in [-0.3, -0.25) is 4.21 Å². The van der Waals surface area contributed by atoms with Crippen molar-refractivity contribution in [2.24, 2.45) is 0 Å². The van der Waals surface area contributed by atoms with E-state index in [0.29, 0.717) is 12.1 Å². The fraction of sp³-hybridized carbons (Fsp3) is 0.333. The molecule has 0 spiro atoms. The molecule has 33 heavy (non-hydrogen) atoms. The molecule has 2 rings (SSSR count). The predicted molar refractivity (Wildman–Crippen MR) is 101 cm³/mol. The van der Waals surface area contributed by atoms with Crippen molar-refractivity contribution in [1.82, 2.24) is 9.97 Å². The lowest BCUT2D eigenvalue weighted by Gasteiger charge is -2.20. The van der Waals surface area contributed by atoms with Crippen LogP contribution in [0.2, 0.25) is 0 Å². The SMILES string of the molecule is COC(=O)C(Cc1cc(C(F)(F)F)cc(C(F)(F)F)c1)Nc1nc(S(C)=O)ncc1C(=O)O. The molecule has 0 bridgehead atoms. The lowest BCUT2D eigenvalue weighted by molar-refractivity contribution is -0.143. The number of esters is 1. The zero-order valence-corrected chi connectivity index (χ0v) is 17.6. The van der Waals surface area contributed by atoms with Crippen LogP contribution in [0.4, 0.5) is 32.2 Å². The summed E-state index contributed by atoms with van der Waals surface area (Å²) >= 11 is 0. The van der Waals surface area contributed by atoms with Crippen LogP contribution in [0.25, 0.3) is 0 Å². The molecule has 2 atom stereocenters. The van der Waals surface area contributed by atoms with Crippen molar-refractivity contribution in [2.45, 2.75) is 30.0 Å². The van der Waals surface area contributed by atoms with Crippen molar-refractivity contribution in [3.8, 4) is 0 Å². The summed E-state index contributed by atoms with van der Waals surface area (Å²) in [5, 5.41) is 11.3. The van der Waals surface area contributed by atoms with Gasteiger partial charge >= 0.3 is 24.3 Å². The average Bonchev–Trinajstić information content (AvgIpc) is 2.70. The van der Waals surface area contributed by atoms with E-state index in [1.807, 2.05) is 0 Å². The summed E-state index contributed by atoms with van der Waals surface area (Å²) in [4.78, 5) is 31.0. The number of methoxy groups -OCH3 is 1. The van der Waals surface area contributed by atoms with Crippen LogP contribution >= 0.6 is 0 Å². The lowest BCUT2D eigenvalue weighted by atomic mass is 9.99. The van der Waals surface area contributed by atoms with Gasteiger partial charge in [0.2, 0.25) is 5.16 Å². The van der Waals surface area contributed by atoms with Crippen LogP contribution in [0.15, 0.2) is 29.6 Å². The number of rotatable bonds is 7. The third-order valence-electron chi connectivity index (χ3n) is 4.14. The standard InChI is InChI=1S/C18H15F6N3O5S/c1-32-15(30)12(26-13-11(14(28)29)7-25-16(27-13)33(2)31)5-8-3-9(17(19,20)21)6-10(4-8)18(22,23)24/h3-4,6-7,12H,5H2,1-2H3,(H,28,29)(H,25,26,27). The fourth-order valence-corrected chi connectivity index (χ4v) is 3.07. The quantitative estimate of drug-likeness (QED) is 0.339. The van der Waals surface area contributed by atoms with Crippen LogP contribution in [0.5, 0.6) is 0 Å². The predicted octanol–water partition coefficient (Wildman–Crippen LogP) is 3.15. The largest absolute Gasteiger partial charge is 0.477 e. The van der Waals surface area contributed by atoms with Gasteiger partial charge in [0.05, 0.1) is 29.0 Å². The van der Waals surface area contributed by atoms with Gasteiger partial charge in [-0.2, -0.15) is 26.3 Å². The van der Waals surface area contributed by atoms with Gasteiger partial charge in [0.15, 0.2) is 0 Å². The Morgan fingerprint density at radius 1 is 1.12 bits per heavy atom. The number of hydrogen-bond donors (Lipinski definition) is 2. The number of nitrogens with zero attached hydrogens (tertiary/aromatic N) is 2. The van der Waals surface area contributed by atoms with Crippen molar-refractivity contribution in [2.75, 3.05) is 18.7 Å². The highest BCUT2D eigenvalue weighted by Crippen LogP contribution is 2.36. The van der Waals surface area contributed by atoms with Crippen LogP contribution < -0.4 is 5.32 Å². The third-order valence-corrected chi connectivity index (χ3v) is 4.85. The minimum atomic E-state index is -5.10. The number of carboxylic acids is 1. The molecule has 0 aliphatic heterocycles. The smallest absolute Gasteiger partial charge is 0.416 e.